The fourth-order valence-electron chi connectivity index (χ4n) is 1.25. The molecule has 0 spiro atoms. The topological polar surface area (TPSA) is 70.5 Å². The van der Waals surface area contributed by atoms with Gasteiger partial charge in [0.05, 0.1) is 5.56 Å². The Bertz CT molecular complexity index is 340. The van der Waals surface area contributed by atoms with Crippen molar-refractivity contribution in [2.24, 2.45) is 0 Å². The van der Waals surface area contributed by atoms with Crippen molar-refractivity contribution in [2.75, 3.05) is 18.3 Å². The van der Waals surface area contributed by atoms with Crippen LogP contribution >= 0.6 is 0 Å². The SMILES string of the molecule is Nc1cccc(N)c1C1=COCO1. The second kappa shape index (κ2) is 2.90. The fourth-order valence-corrected chi connectivity index (χ4v) is 1.25. The van der Waals surface area contributed by atoms with Crippen LogP contribution in [0.1, 0.15) is 5.56 Å². The number of hydrogen-bond acceptors (Lipinski definition) is 4. The molecule has 1 aromatic rings. The number of ether oxygens (including phenoxy) is 2. The molecule has 1 heterocycles. The van der Waals surface area contributed by atoms with Crippen molar-refractivity contribution in [2.45, 2.75) is 0 Å². The van der Waals surface area contributed by atoms with Crippen molar-refractivity contribution >= 4 is 17.1 Å². The van der Waals surface area contributed by atoms with E-state index in [-0.39, 0.29) is 6.79 Å². The van der Waals surface area contributed by atoms with Crippen LogP contribution in [-0.4, -0.2) is 6.79 Å². The maximum absolute atomic E-state index is 5.74. The van der Waals surface area contributed by atoms with Gasteiger partial charge in [-0.2, -0.15) is 0 Å². The molecule has 0 fully saturated rings. The summed E-state index contributed by atoms with van der Waals surface area (Å²) < 4.78 is 10.1. The normalized spacial score (nSPS) is 14.6. The third-order valence-electron chi connectivity index (χ3n) is 1.85. The predicted molar refractivity (Wildman–Crippen MR) is 50.3 cm³/mol. The van der Waals surface area contributed by atoms with Crippen LogP contribution in [0.4, 0.5) is 11.4 Å². The molecule has 1 aliphatic heterocycles. The number of rotatable bonds is 1. The summed E-state index contributed by atoms with van der Waals surface area (Å²) in [5.41, 5.74) is 13.4. The molecule has 68 valence electrons. The molecular weight excluding hydrogens is 168 g/mol. The van der Waals surface area contributed by atoms with E-state index in [0.717, 1.165) is 0 Å². The summed E-state index contributed by atoms with van der Waals surface area (Å²) in [6, 6.07) is 5.34. The molecule has 4 heteroatoms. The van der Waals surface area contributed by atoms with Crippen molar-refractivity contribution in [3.63, 3.8) is 0 Å². The zero-order chi connectivity index (χ0) is 9.26. The number of nitrogen functional groups attached to an aromatic ring is 2. The van der Waals surface area contributed by atoms with Crippen LogP contribution in [0.2, 0.25) is 0 Å². The highest BCUT2D eigenvalue weighted by Gasteiger charge is 2.14. The predicted octanol–water partition coefficient (Wildman–Crippen LogP) is 1.15. The van der Waals surface area contributed by atoms with Crippen molar-refractivity contribution in [1.82, 2.24) is 0 Å². The smallest absolute Gasteiger partial charge is 0.230 e. The lowest BCUT2D eigenvalue weighted by atomic mass is 10.1. The minimum atomic E-state index is 0.225. The summed E-state index contributed by atoms with van der Waals surface area (Å²) in [5.74, 6) is 0.593. The number of anilines is 2. The Balaban J connectivity index is 2.49. The summed E-state index contributed by atoms with van der Waals surface area (Å²) in [7, 11) is 0. The Morgan fingerprint density at radius 2 is 1.85 bits per heavy atom. The maximum Gasteiger partial charge on any atom is 0.230 e. The third-order valence-corrected chi connectivity index (χ3v) is 1.85. The Morgan fingerprint density at radius 1 is 1.15 bits per heavy atom. The summed E-state index contributed by atoms with van der Waals surface area (Å²) in [4.78, 5) is 0. The first-order valence-electron chi connectivity index (χ1n) is 3.88. The van der Waals surface area contributed by atoms with Gasteiger partial charge >= 0.3 is 0 Å². The van der Waals surface area contributed by atoms with Gasteiger partial charge in [-0.05, 0) is 12.1 Å². The lowest BCUT2D eigenvalue weighted by Gasteiger charge is -2.07. The first kappa shape index (κ1) is 7.79. The molecule has 0 unspecified atom stereocenters. The van der Waals surface area contributed by atoms with E-state index < -0.39 is 0 Å². The first-order valence-corrected chi connectivity index (χ1v) is 3.88. The van der Waals surface area contributed by atoms with Crippen LogP contribution in [0, 0.1) is 0 Å². The Hall–Kier alpha value is -1.84. The second-order valence-corrected chi connectivity index (χ2v) is 2.72. The van der Waals surface area contributed by atoms with E-state index in [1.807, 2.05) is 0 Å². The number of benzene rings is 1. The highest BCUT2D eigenvalue weighted by atomic mass is 16.7. The lowest BCUT2D eigenvalue weighted by Crippen LogP contribution is -1.99. The molecule has 0 atom stereocenters. The highest BCUT2D eigenvalue weighted by Crippen LogP contribution is 2.30. The van der Waals surface area contributed by atoms with Crippen molar-refractivity contribution in [3.8, 4) is 0 Å². The minimum Gasteiger partial charge on any atom is -0.461 e. The quantitative estimate of drug-likeness (QED) is 0.633. The van der Waals surface area contributed by atoms with Gasteiger partial charge in [-0.25, -0.2) is 0 Å². The largest absolute Gasteiger partial charge is 0.461 e. The zero-order valence-electron chi connectivity index (χ0n) is 6.99. The van der Waals surface area contributed by atoms with E-state index >= 15 is 0 Å². The highest BCUT2D eigenvalue weighted by molar-refractivity contribution is 5.80. The van der Waals surface area contributed by atoms with E-state index in [1.54, 1.807) is 18.2 Å². The van der Waals surface area contributed by atoms with Crippen molar-refractivity contribution < 1.29 is 9.47 Å². The number of hydrogen-bond donors (Lipinski definition) is 2. The van der Waals surface area contributed by atoms with Crippen LogP contribution in [0.5, 0.6) is 0 Å². The fraction of sp³-hybridized carbons (Fsp3) is 0.111. The van der Waals surface area contributed by atoms with E-state index in [0.29, 0.717) is 22.7 Å². The molecule has 0 saturated heterocycles. The van der Waals surface area contributed by atoms with Crippen LogP contribution in [-0.2, 0) is 9.47 Å². The van der Waals surface area contributed by atoms with E-state index in [2.05, 4.69) is 0 Å². The van der Waals surface area contributed by atoms with Crippen LogP contribution in [0.15, 0.2) is 24.5 Å². The molecule has 0 aliphatic carbocycles. The van der Waals surface area contributed by atoms with Gasteiger partial charge in [0.15, 0.2) is 5.76 Å². The van der Waals surface area contributed by atoms with Gasteiger partial charge in [-0.3, -0.25) is 0 Å². The molecule has 1 aromatic carbocycles. The Kier molecular flexibility index (Phi) is 1.73. The third kappa shape index (κ3) is 1.26. The molecule has 0 amide bonds. The van der Waals surface area contributed by atoms with Crippen molar-refractivity contribution in [3.05, 3.63) is 30.0 Å². The summed E-state index contributed by atoms with van der Waals surface area (Å²) in [5, 5.41) is 0. The average Bonchev–Trinajstić information content (AvgIpc) is 2.57. The second-order valence-electron chi connectivity index (χ2n) is 2.72. The Labute approximate surface area is 75.7 Å². The molecule has 13 heavy (non-hydrogen) atoms. The molecule has 2 rings (SSSR count). The standard InChI is InChI=1S/C9H10N2O2/c10-6-2-1-3-7(11)9(6)8-4-12-5-13-8/h1-4H,5,10-11H2. The van der Waals surface area contributed by atoms with Crippen LogP contribution in [0.3, 0.4) is 0 Å². The first-order chi connectivity index (χ1) is 6.29. The van der Waals surface area contributed by atoms with Gasteiger partial charge in [0, 0.05) is 11.4 Å². The molecule has 1 aliphatic rings. The van der Waals surface area contributed by atoms with Gasteiger partial charge in [0.2, 0.25) is 6.79 Å². The monoisotopic (exact) mass is 178 g/mol. The van der Waals surface area contributed by atoms with Gasteiger partial charge < -0.3 is 20.9 Å². The van der Waals surface area contributed by atoms with E-state index in [4.69, 9.17) is 20.9 Å². The Morgan fingerprint density at radius 3 is 2.38 bits per heavy atom. The van der Waals surface area contributed by atoms with Crippen LogP contribution in [0.25, 0.3) is 5.76 Å². The molecule has 4 N–H and O–H groups in total. The summed E-state index contributed by atoms with van der Waals surface area (Å²) >= 11 is 0. The van der Waals surface area contributed by atoms with Gasteiger partial charge in [0.25, 0.3) is 0 Å². The number of nitrogens with two attached hydrogens (primary N) is 2. The van der Waals surface area contributed by atoms with Gasteiger partial charge in [-0.15, -0.1) is 0 Å². The maximum atomic E-state index is 5.74. The molecule has 4 nitrogen and oxygen atoms in total. The average molecular weight is 178 g/mol. The summed E-state index contributed by atoms with van der Waals surface area (Å²) in [6.07, 6.45) is 1.52. The van der Waals surface area contributed by atoms with Crippen molar-refractivity contribution in [1.29, 1.82) is 0 Å². The summed E-state index contributed by atoms with van der Waals surface area (Å²) in [6.45, 7) is 0.225. The zero-order valence-corrected chi connectivity index (χ0v) is 6.99. The molecule has 0 saturated carbocycles. The van der Waals surface area contributed by atoms with Gasteiger partial charge in [-0.1, -0.05) is 6.07 Å². The van der Waals surface area contributed by atoms with Gasteiger partial charge in [0.1, 0.15) is 6.26 Å². The van der Waals surface area contributed by atoms with E-state index in [9.17, 15) is 0 Å². The molecule has 0 aromatic heterocycles. The molecule has 0 bridgehead atoms. The lowest BCUT2D eigenvalue weighted by molar-refractivity contribution is 0.101. The minimum absolute atomic E-state index is 0.225. The molecule has 0 radical (unpaired) electrons. The molecular formula is C9H10N2O2. The van der Waals surface area contributed by atoms with E-state index in [1.165, 1.54) is 6.26 Å². The van der Waals surface area contributed by atoms with Crippen LogP contribution < -0.4 is 11.5 Å².